The number of hydrogen-bond donors (Lipinski definition) is 0. The fourth-order valence-electron chi connectivity index (χ4n) is 3.33. The second-order valence-corrected chi connectivity index (χ2v) is 6.37. The van der Waals surface area contributed by atoms with Crippen molar-refractivity contribution in [2.24, 2.45) is 0 Å². The third kappa shape index (κ3) is 4.65. The van der Waals surface area contributed by atoms with Gasteiger partial charge in [0.05, 0.1) is 0 Å². The molecule has 0 fully saturated rings. The molecule has 0 heterocycles. The van der Waals surface area contributed by atoms with Crippen molar-refractivity contribution in [3.05, 3.63) is 65.7 Å². The molecule has 2 aromatic rings. The molecule has 0 N–H and O–H groups in total. The number of allylic oxidation sites excluding steroid dienone is 2. The Labute approximate surface area is 155 Å². The zero-order valence-corrected chi connectivity index (χ0v) is 15.4. The van der Waals surface area contributed by atoms with E-state index < -0.39 is 0 Å². The monoisotopic (exact) mass is 354 g/mol. The topological polar surface area (TPSA) is 36.9 Å². The molecule has 0 saturated carbocycles. The minimum Gasteiger partial charge on any atom is -0.467 e. The normalized spacial score (nSPS) is 16.8. The summed E-state index contributed by atoms with van der Waals surface area (Å²) in [7, 11) is 3.22. The van der Waals surface area contributed by atoms with Crippen LogP contribution >= 0.6 is 0 Å². The third-order valence-electron chi connectivity index (χ3n) is 4.66. The molecular weight excluding hydrogens is 328 g/mol. The quantitative estimate of drug-likeness (QED) is 0.625. The summed E-state index contributed by atoms with van der Waals surface area (Å²) in [5.74, 6) is 2.10. The van der Waals surface area contributed by atoms with Crippen molar-refractivity contribution in [3.8, 4) is 11.5 Å². The highest BCUT2D eigenvalue weighted by atomic mass is 16.7. The molecule has 0 aliphatic heterocycles. The Balaban J connectivity index is 1.78. The van der Waals surface area contributed by atoms with Crippen molar-refractivity contribution in [2.45, 2.75) is 25.2 Å². The van der Waals surface area contributed by atoms with E-state index in [0.717, 1.165) is 36.3 Å². The van der Waals surface area contributed by atoms with Crippen LogP contribution in [0.4, 0.5) is 0 Å². The molecule has 1 aliphatic rings. The lowest BCUT2D eigenvalue weighted by molar-refractivity contribution is 0.0459. The van der Waals surface area contributed by atoms with Crippen LogP contribution in [0.1, 0.15) is 36.3 Å². The molecule has 0 amide bonds. The first kappa shape index (κ1) is 18.5. The molecule has 2 aromatic carbocycles. The van der Waals surface area contributed by atoms with Crippen molar-refractivity contribution in [1.29, 1.82) is 0 Å². The van der Waals surface area contributed by atoms with Gasteiger partial charge in [0, 0.05) is 25.8 Å². The van der Waals surface area contributed by atoms with Crippen LogP contribution in [0.3, 0.4) is 0 Å². The van der Waals surface area contributed by atoms with Crippen molar-refractivity contribution in [1.82, 2.24) is 0 Å². The Morgan fingerprint density at radius 3 is 2.38 bits per heavy atom. The molecule has 0 radical (unpaired) electrons. The number of rotatable bonds is 8. The van der Waals surface area contributed by atoms with E-state index in [1.165, 1.54) is 11.1 Å². The van der Waals surface area contributed by atoms with Gasteiger partial charge in [-0.2, -0.15) is 0 Å². The smallest absolute Gasteiger partial charge is 0.188 e. The van der Waals surface area contributed by atoms with Crippen LogP contribution < -0.4 is 9.47 Å². The van der Waals surface area contributed by atoms with Crippen LogP contribution in [-0.2, 0) is 9.47 Å². The van der Waals surface area contributed by atoms with Crippen LogP contribution in [0, 0.1) is 0 Å². The van der Waals surface area contributed by atoms with E-state index in [1.54, 1.807) is 14.2 Å². The summed E-state index contributed by atoms with van der Waals surface area (Å²) >= 11 is 0. The van der Waals surface area contributed by atoms with E-state index in [-0.39, 0.29) is 13.6 Å². The summed E-state index contributed by atoms with van der Waals surface area (Å²) in [5.41, 5.74) is 3.85. The van der Waals surface area contributed by atoms with E-state index in [2.05, 4.69) is 42.5 Å². The summed E-state index contributed by atoms with van der Waals surface area (Å²) in [6.45, 7) is 0.422. The molecule has 138 valence electrons. The number of hydrogen-bond acceptors (Lipinski definition) is 4. The van der Waals surface area contributed by atoms with Crippen molar-refractivity contribution < 1.29 is 18.9 Å². The van der Waals surface area contributed by atoms with Crippen molar-refractivity contribution >= 4 is 5.57 Å². The molecule has 0 saturated heterocycles. The maximum atomic E-state index is 5.79. The summed E-state index contributed by atoms with van der Waals surface area (Å²) in [5, 5.41) is 0. The summed E-state index contributed by atoms with van der Waals surface area (Å²) in [6.07, 6.45) is 5.56. The Bertz CT molecular complexity index is 724. The molecule has 1 unspecified atom stereocenters. The third-order valence-corrected chi connectivity index (χ3v) is 4.66. The van der Waals surface area contributed by atoms with E-state index in [9.17, 15) is 0 Å². The summed E-state index contributed by atoms with van der Waals surface area (Å²) in [4.78, 5) is 0. The van der Waals surface area contributed by atoms with Crippen LogP contribution in [0.15, 0.2) is 54.6 Å². The standard InChI is InChI=1S/C22H26O4/c1-23-15-25-20-12-13-21(22(14-20)26-16-24-2)19-10-8-18(9-11-19)17-6-4-3-5-7-17/h3-7,10,12-14,18H,8-9,11,15-16H2,1-2H3. The summed E-state index contributed by atoms with van der Waals surface area (Å²) < 4.78 is 21.4. The molecule has 0 spiro atoms. The SMILES string of the molecule is COCOc1ccc(C2=CCC(c3ccccc3)CC2)c(OCOC)c1. The second-order valence-electron chi connectivity index (χ2n) is 6.37. The highest BCUT2D eigenvalue weighted by molar-refractivity contribution is 5.72. The Morgan fingerprint density at radius 1 is 0.923 bits per heavy atom. The molecule has 1 aliphatic carbocycles. The fraction of sp³-hybridized carbons (Fsp3) is 0.364. The van der Waals surface area contributed by atoms with Crippen LogP contribution in [0.2, 0.25) is 0 Å². The first-order valence-corrected chi connectivity index (χ1v) is 8.93. The highest BCUT2D eigenvalue weighted by Crippen LogP contribution is 2.39. The zero-order chi connectivity index (χ0) is 18.2. The van der Waals surface area contributed by atoms with Gasteiger partial charge in [0.2, 0.25) is 0 Å². The van der Waals surface area contributed by atoms with E-state index >= 15 is 0 Å². The van der Waals surface area contributed by atoms with Gasteiger partial charge in [-0.05, 0) is 48.4 Å². The lowest BCUT2D eigenvalue weighted by atomic mass is 9.82. The van der Waals surface area contributed by atoms with Crippen LogP contribution in [-0.4, -0.2) is 27.8 Å². The maximum Gasteiger partial charge on any atom is 0.188 e. The predicted molar refractivity (Wildman–Crippen MR) is 102 cm³/mol. The molecule has 4 heteroatoms. The minimum atomic E-state index is 0.209. The largest absolute Gasteiger partial charge is 0.467 e. The molecule has 0 bridgehead atoms. The van der Waals surface area contributed by atoms with Gasteiger partial charge in [0.15, 0.2) is 13.6 Å². The molecule has 1 atom stereocenters. The molecular formula is C22H26O4. The fourth-order valence-corrected chi connectivity index (χ4v) is 3.33. The van der Waals surface area contributed by atoms with Gasteiger partial charge in [0.25, 0.3) is 0 Å². The Hall–Kier alpha value is -2.30. The Kier molecular flexibility index (Phi) is 6.69. The van der Waals surface area contributed by atoms with Gasteiger partial charge >= 0.3 is 0 Å². The highest BCUT2D eigenvalue weighted by Gasteiger charge is 2.19. The van der Waals surface area contributed by atoms with E-state index in [4.69, 9.17) is 18.9 Å². The molecule has 26 heavy (non-hydrogen) atoms. The van der Waals surface area contributed by atoms with Crippen LogP contribution in [0.5, 0.6) is 11.5 Å². The van der Waals surface area contributed by atoms with E-state index in [1.807, 2.05) is 12.1 Å². The number of methoxy groups -OCH3 is 2. The van der Waals surface area contributed by atoms with Crippen molar-refractivity contribution in [3.63, 3.8) is 0 Å². The lowest BCUT2D eigenvalue weighted by Gasteiger charge is -2.24. The maximum absolute atomic E-state index is 5.79. The van der Waals surface area contributed by atoms with Gasteiger partial charge in [-0.3, -0.25) is 0 Å². The van der Waals surface area contributed by atoms with Gasteiger partial charge in [-0.15, -0.1) is 0 Å². The molecule has 0 aromatic heterocycles. The van der Waals surface area contributed by atoms with E-state index in [0.29, 0.717) is 5.92 Å². The van der Waals surface area contributed by atoms with Crippen molar-refractivity contribution in [2.75, 3.05) is 27.8 Å². The van der Waals surface area contributed by atoms with Crippen LogP contribution in [0.25, 0.3) is 5.57 Å². The van der Waals surface area contributed by atoms with Gasteiger partial charge in [-0.25, -0.2) is 0 Å². The number of ether oxygens (including phenoxy) is 4. The Morgan fingerprint density at radius 2 is 1.69 bits per heavy atom. The first-order chi connectivity index (χ1) is 12.8. The number of benzene rings is 2. The zero-order valence-electron chi connectivity index (χ0n) is 15.4. The van der Waals surface area contributed by atoms with Gasteiger partial charge in [0.1, 0.15) is 11.5 Å². The molecule has 3 rings (SSSR count). The second kappa shape index (κ2) is 9.41. The first-order valence-electron chi connectivity index (χ1n) is 8.93. The average molecular weight is 354 g/mol. The minimum absolute atomic E-state index is 0.209. The summed E-state index contributed by atoms with van der Waals surface area (Å²) in [6, 6.07) is 16.7. The van der Waals surface area contributed by atoms with Gasteiger partial charge in [-0.1, -0.05) is 36.4 Å². The lowest BCUT2D eigenvalue weighted by Crippen LogP contribution is -2.07. The predicted octanol–water partition coefficient (Wildman–Crippen LogP) is 5.00. The molecule has 4 nitrogen and oxygen atoms in total. The average Bonchev–Trinajstić information content (AvgIpc) is 2.71. The van der Waals surface area contributed by atoms with Gasteiger partial charge < -0.3 is 18.9 Å².